The topological polar surface area (TPSA) is 93.5 Å². The first-order chi connectivity index (χ1) is 15.8. The second-order valence-corrected chi connectivity index (χ2v) is 8.85. The van der Waals surface area contributed by atoms with Gasteiger partial charge in [-0.2, -0.15) is 5.10 Å². The van der Waals surface area contributed by atoms with Gasteiger partial charge in [-0.1, -0.05) is 25.7 Å². The third-order valence-corrected chi connectivity index (χ3v) is 6.40. The Morgan fingerprint density at radius 2 is 1.85 bits per heavy atom. The van der Waals surface area contributed by atoms with Gasteiger partial charge in [0, 0.05) is 17.8 Å². The van der Waals surface area contributed by atoms with Gasteiger partial charge in [-0.15, -0.1) is 0 Å². The Hall–Kier alpha value is -3.23. The molecule has 4 rings (SSSR count). The number of carbonyl (C=O) groups is 3. The maximum atomic E-state index is 13.6. The highest BCUT2D eigenvalue weighted by molar-refractivity contribution is 6.12. The minimum absolute atomic E-state index is 0.00711. The average Bonchev–Trinajstić information content (AvgIpc) is 3.04. The van der Waals surface area contributed by atoms with E-state index < -0.39 is 23.2 Å². The van der Waals surface area contributed by atoms with E-state index in [1.807, 2.05) is 0 Å². The van der Waals surface area contributed by atoms with Crippen molar-refractivity contribution in [3.05, 3.63) is 47.5 Å². The number of ether oxygens (including phenoxy) is 1. The minimum atomic E-state index is -1.33. The smallest absolute Gasteiger partial charge is 0.358 e. The number of anilines is 1. The summed E-state index contributed by atoms with van der Waals surface area (Å²) in [7, 11) is 0. The van der Waals surface area contributed by atoms with Crippen molar-refractivity contribution in [1.82, 2.24) is 15.1 Å². The molecule has 1 aromatic heterocycles. The Morgan fingerprint density at radius 3 is 2.48 bits per heavy atom. The van der Waals surface area contributed by atoms with Crippen LogP contribution in [0.3, 0.4) is 0 Å². The molecule has 2 heterocycles. The number of carbonyl (C=O) groups excluding carboxylic acids is 3. The molecular weight excluding hydrogens is 427 g/mol. The molecule has 0 radical (unpaired) electrons. The number of rotatable bonds is 5. The molecule has 1 aliphatic carbocycles. The van der Waals surface area contributed by atoms with Crippen LogP contribution in [0, 0.1) is 5.82 Å². The van der Waals surface area contributed by atoms with E-state index in [0.717, 1.165) is 38.5 Å². The summed E-state index contributed by atoms with van der Waals surface area (Å²) in [5.74, 6) is -1.87. The molecule has 1 atom stereocenters. The molecule has 1 N–H and O–H groups in total. The van der Waals surface area contributed by atoms with E-state index in [1.165, 1.54) is 39.9 Å². The second-order valence-electron chi connectivity index (χ2n) is 8.85. The van der Waals surface area contributed by atoms with Crippen LogP contribution in [-0.4, -0.2) is 45.8 Å². The zero-order valence-corrected chi connectivity index (χ0v) is 19.0. The van der Waals surface area contributed by atoms with E-state index >= 15 is 0 Å². The highest BCUT2D eigenvalue weighted by atomic mass is 19.1. The van der Waals surface area contributed by atoms with Gasteiger partial charge >= 0.3 is 5.97 Å². The summed E-state index contributed by atoms with van der Waals surface area (Å²) >= 11 is 0. The zero-order chi connectivity index (χ0) is 23.6. The van der Waals surface area contributed by atoms with Gasteiger partial charge in [0.15, 0.2) is 5.69 Å². The molecule has 0 spiro atoms. The normalized spacial score (nSPS) is 21.3. The van der Waals surface area contributed by atoms with Crippen molar-refractivity contribution in [1.29, 1.82) is 0 Å². The standard InChI is InChI=1S/C24H29FN4O4/c1-3-33-22(31)19-14-20-21(30)29(18-12-10-16(25)11-13-18)24(2,15-28(20)27-19)23(32)26-17-8-6-4-5-7-9-17/h10-14,17H,3-9,15H2,1-2H3,(H,26,32). The van der Waals surface area contributed by atoms with Crippen LogP contribution < -0.4 is 10.2 Å². The molecule has 0 bridgehead atoms. The number of hydrogen-bond acceptors (Lipinski definition) is 5. The van der Waals surface area contributed by atoms with Gasteiger partial charge in [-0.05, 0) is 51.0 Å². The number of halogens is 1. The Morgan fingerprint density at radius 1 is 1.18 bits per heavy atom. The van der Waals surface area contributed by atoms with Gasteiger partial charge < -0.3 is 10.1 Å². The van der Waals surface area contributed by atoms with Crippen LogP contribution in [0.4, 0.5) is 10.1 Å². The lowest BCUT2D eigenvalue weighted by Crippen LogP contribution is -2.65. The van der Waals surface area contributed by atoms with Crippen molar-refractivity contribution in [2.45, 2.75) is 70.5 Å². The van der Waals surface area contributed by atoms with Crippen LogP contribution in [0.1, 0.15) is 73.3 Å². The first kappa shape index (κ1) is 22.9. The Labute approximate surface area is 192 Å². The van der Waals surface area contributed by atoms with Crippen molar-refractivity contribution >= 4 is 23.5 Å². The van der Waals surface area contributed by atoms with Crippen LogP contribution in [0.15, 0.2) is 30.3 Å². The predicted molar refractivity (Wildman–Crippen MR) is 119 cm³/mol. The summed E-state index contributed by atoms with van der Waals surface area (Å²) < 4.78 is 20.0. The number of nitrogens with zero attached hydrogens (tertiary/aromatic N) is 3. The summed E-state index contributed by atoms with van der Waals surface area (Å²) in [6, 6.07) is 6.87. The zero-order valence-electron chi connectivity index (χ0n) is 19.0. The summed E-state index contributed by atoms with van der Waals surface area (Å²) in [5.41, 5.74) is -0.758. The molecule has 2 aromatic rings. The van der Waals surface area contributed by atoms with Crippen molar-refractivity contribution in [3.63, 3.8) is 0 Å². The third kappa shape index (κ3) is 4.49. The lowest BCUT2D eigenvalue weighted by Gasteiger charge is -2.43. The van der Waals surface area contributed by atoms with Crippen LogP contribution in [0.25, 0.3) is 0 Å². The summed E-state index contributed by atoms with van der Waals surface area (Å²) in [5, 5.41) is 7.40. The maximum absolute atomic E-state index is 13.6. The molecular formula is C24H29FN4O4. The molecule has 176 valence electrons. The second kappa shape index (κ2) is 9.33. The molecule has 2 amide bonds. The highest BCUT2D eigenvalue weighted by Gasteiger charge is 2.49. The lowest BCUT2D eigenvalue weighted by molar-refractivity contribution is -0.127. The van der Waals surface area contributed by atoms with Crippen LogP contribution in [0.5, 0.6) is 0 Å². The van der Waals surface area contributed by atoms with Crippen molar-refractivity contribution in [3.8, 4) is 0 Å². The highest BCUT2D eigenvalue weighted by Crippen LogP contribution is 2.33. The number of esters is 1. The van der Waals surface area contributed by atoms with E-state index in [4.69, 9.17) is 4.74 Å². The lowest BCUT2D eigenvalue weighted by atomic mass is 9.93. The SMILES string of the molecule is CCOC(=O)c1cc2n(n1)CC(C)(C(=O)NC1CCCCCC1)N(c1ccc(F)cc1)C2=O. The fraction of sp³-hybridized carbons (Fsp3) is 0.500. The summed E-state index contributed by atoms with van der Waals surface area (Å²) in [6.07, 6.45) is 6.19. The van der Waals surface area contributed by atoms with E-state index in [1.54, 1.807) is 13.8 Å². The van der Waals surface area contributed by atoms with Crippen LogP contribution in [-0.2, 0) is 16.1 Å². The number of hydrogen-bond donors (Lipinski definition) is 1. The number of fused-ring (bicyclic) bond motifs is 1. The van der Waals surface area contributed by atoms with Crippen molar-refractivity contribution in [2.24, 2.45) is 0 Å². The molecule has 1 fully saturated rings. The summed E-state index contributed by atoms with van der Waals surface area (Å²) in [4.78, 5) is 40.8. The molecule has 8 nitrogen and oxygen atoms in total. The van der Waals surface area contributed by atoms with Crippen molar-refractivity contribution in [2.75, 3.05) is 11.5 Å². The van der Waals surface area contributed by atoms with Crippen molar-refractivity contribution < 1.29 is 23.5 Å². The number of benzene rings is 1. The quantitative estimate of drug-likeness (QED) is 0.549. The van der Waals surface area contributed by atoms with E-state index in [2.05, 4.69) is 10.4 Å². The number of nitrogens with one attached hydrogen (secondary N) is 1. The molecule has 0 saturated heterocycles. The van der Waals surface area contributed by atoms with Gasteiger partial charge in [0.2, 0.25) is 5.91 Å². The molecule has 2 aliphatic rings. The average molecular weight is 457 g/mol. The number of aromatic nitrogens is 2. The van der Waals surface area contributed by atoms with Crippen LogP contribution in [0.2, 0.25) is 0 Å². The number of amides is 2. The predicted octanol–water partition coefficient (Wildman–Crippen LogP) is 3.46. The molecule has 1 unspecified atom stereocenters. The molecule has 1 aliphatic heterocycles. The third-order valence-electron chi connectivity index (χ3n) is 6.40. The monoisotopic (exact) mass is 456 g/mol. The van der Waals surface area contributed by atoms with E-state index in [0.29, 0.717) is 5.69 Å². The maximum Gasteiger partial charge on any atom is 0.358 e. The first-order valence-corrected chi connectivity index (χ1v) is 11.5. The fourth-order valence-electron chi connectivity index (χ4n) is 4.65. The van der Waals surface area contributed by atoms with Gasteiger partial charge in [0.05, 0.1) is 13.2 Å². The molecule has 33 heavy (non-hydrogen) atoms. The van der Waals surface area contributed by atoms with E-state index in [-0.39, 0.29) is 36.5 Å². The van der Waals surface area contributed by atoms with Gasteiger partial charge in [0.1, 0.15) is 17.1 Å². The van der Waals surface area contributed by atoms with E-state index in [9.17, 15) is 18.8 Å². The molecule has 1 saturated carbocycles. The van der Waals surface area contributed by atoms with Gasteiger partial charge in [-0.25, -0.2) is 9.18 Å². The van der Waals surface area contributed by atoms with Gasteiger partial charge in [0.25, 0.3) is 5.91 Å². The Balaban J connectivity index is 1.72. The largest absolute Gasteiger partial charge is 0.461 e. The first-order valence-electron chi connectivity index (χ1n) is 11.5. The minimum Gasteiger partial charge on any atom is -0.461 e. The molecule has 1 aromatic carbocycles. The van der Waals surface area contributed by atoms with Gasteiger partial charge in [-0.3, -0.25) is 19.2 Å². The Bertz CT molecular complexity index is 1040. The fourth-order valence-corrected chi connectivity index (χ4v) is 4.65. The summed E-state index contributed by atoms with van der Waals surface area (Å²) in [6.45, 7) is 3.58. The molecule has 9 heteroatoms. The van der Waals surface area contributed by atoms with Crippen LogP contribution >= 0.6 is 0 Å². The Kier molecular flexibility index (Phi) is 6.49.